The molecule has 0 aromatic rings. The fourth-order valence-corrected chi connectivity index (χ4v) is 2.54. The van der Waals surface area contributed by atoms with Crippen molar-refractivity contribution < 1.29 is 4.79 Å². The Bertz CT molecular complexity index is 271. The number of Topliss-reactive ketones (excluding diaryl/α,β-unsaturated/α-hetero) is 1. The highest BCUT2D eigenvalue weighted by Gasteiger charge is 2.32. The Morgan fingerprint density at radius 3 is 2.36 bits per heavy atom. The maximum atomic E-state index is 12.0. The maximum Gasteiger partial charge on any atom is 0.159 e. The highest BCUT2D eigenvalue weighted by molar-refractivity contribution is 5.97. The van der Waals surface area contributed by atoms with E-state index in [1.54, 1.807) is 0 Å². The fourth-order valence-electron chi connectivity index (χ4n) is 2.54. The Morgan fingerprint density at radius 1 is 1.36 bits per heavy atom. The molecular weight excluding hydrogens is 172 g/mol. The molecule has 0 spiro atoms. The number of allylic oxidation sites excluding steroid dienone is 2. The standard InChI is InChI=1S/C13H22O/c1-6-9(2)12-10(3)7-13(4,5)8-11(12)14/h9H,6-8H2,1-5H3. The molecule has 1 atom stereocenters. The van der Waals surface area contributed by atoms with Crippen LogP contribution in [0.4, 0.5) is 0 Å². The Morgan fingerprint density at radius 2 is 1.93 bits per heavy atom. The zero-order valence-electron chi connectivity index (χ0n) is 10.1. The molecule has 0 amide bonds. The lowest BCUT2D eigenvalue weighted by molar-refractivity contribution is -0.118. The molecule has 1 nitrogen and oxygen atoms in total. The van der Waals surface area contributed by atoms with E-state index in [0.717, 1.165) is 24.8 Å². The first-order valence-electron chi connectivity index (χ1n) is 5.60. The first-order valence-corrected chi connectivity index (χ1v) is 5.60. The van der Waals surface area contributed by atoms with Crippen molar-refractivity contribution in [2.24, 2.45) is 11.3 Å². The first-order chi connectivity index (χ1) is 6.37. The normalized spacial score (nSPS) is 23.9. The Balaban J connectivity index is 2.99. The summed E-state index contributed by atoms with van der Waals surface area (Å²) < 4.78 is 0. The van der Waals surface area contributed by atoms with Gasteiger partial charge in [0.05, 0.1) is 0 Å². The molecule has 0 aliphatic heterocycles. The molecule has 1 unspecified atom stereocenters. The van der Waals surface area contributed by atoms with Crippen molar-refractivity contribution in [2.75, 3.05) is 0 Å². The summed E-state index contributed by atoms with van der Waals surface area (Å²) in [4.78, 5) is 12.0. The number of rotatable bonds is 2. The van der Waals surface area contributed by atoms with Gasteiger partial charge in [0, 0.05) is 6.42 Å². The van der Waals surface area contributed by atoms with Crippen LogP contribution in [0.2, 0.25) is 0 Å². The minimum absolute atomic E-state index is 0.179. The van der Waals surface area contributed by atoms with E-state index in [0.29, 0.717) is 11.7 Å². The van der Waals surface area contributed by atoms with E-state index in [4.69, 9.17) is 0 Å². The van der Waals surface area contributed by atoms with Crippen LogP contribution in [0.15, 0.2) is 11.1 Å². The van der Waals surface area contributed by atoms with Crippen molar-refractivity contribution in [1.82, 2.24) is 0 Å². The predicted octanol–water partition coefficient (Wildman–Crippen LogP) is 3.74. The van der Waals surface area contributed by atoms with Crippen LogP contribution in [0.25, 0.3) is 0 Å². The first kappa shape index (κ1) is 11.5. The number of hydrogen-bond acceptors (Lipinski definition) is 1. The molecule has 0 fully saturated rings. The van der Waals surface area contributed by atoms with E-state index in [1.165, 1.54) is 5.57 Å². The Kier molecular flexibility index (Phi) is 3.18. The van der Waals surface area contributed by atoms with Crippen molar-refractivity contribution in [3.05, 3.63) is 11.1 Å². The summed E-state index contributed by atoms with van der Waals surface area (Å²) in [5, 5.41) is 0. The molecule has 1 aliphatic carbocycles. The maximum absolute atomic E-state index is 12.0. The second kappa shape index (κ2) is 3.88. The monoisotopic (exact) mass is 194 g/mol. The molecule has 0 radical (unpaired) electrons. The Hall–Kier alpha value is -0.590. The molecular formula is C13H22O. The van der Waals surface area contributed by atoms with Crippen LogP contribution in [0.3, 0.4) is 0 Å². The Labute approximate surface area is 87.6 Å². The lowest BCUT2D eigenvalue weighted by atomic mass is 9.71. The molecule has 0 saturated carbocycles. The summed E-state index contributed by atoms with van der Waals surface area (Å²) in [5.74, 6) is 0.826. The topological polar surface area (TPSA) is 17.1 Å². The van der Waals surface area contributed by atoms with Crippen LogP contribution < -0.4 is 0 Å². The molecule has 14 heavy (non-hydrogen) atoms. The summed E-state index contributed by atoms with van der Waals surface area (Å²) in [6.45, 7) is 10.8. The fraction of sp³-hybridized carbons (Fsp3) is 0.769. The smallest absolute Gasteiger partial charge is 0.159 e. The minimum Gasteiger partial charge on any atom is -0.295 e. The second-order valence-electron chi connectivity index (χ2n) is 5.44. The van der Waals surface area contributed by atoms with E-state index < -0.39 is 0 Å². The average Bonchev–Trinajstić information content (AvgIpc) is 1.99. The van der Waals surface area contributed by atoms with Crippen molar-refractivity contribution in [2.45, 2.75) is 53.9 Å². The average molecular weight is 194 g/mol. The van der Waals surface area contributed by atoms with Gasteiger partial charge < -0.3 is 0 Å². The van der Waals surface area contributed by atoms with E-state index in [-0.39, 0.29) is 5.41 Å². The van der Waals surface area contributed by atoms with E-state index in [1.807, 2.05) is 0 Å². The van der Waals surface area contributed by atoms with Crippen molar-refractivity contribution in [1.29, 1.82) is 0 Å². The molecule has 0 saturated heterocycles. The summed E-state index contributed by atoms with van der Waals surface area (Å²) in [6, 6.07) is 0. The third kappa shape index (κ3) is 2.26. The van der Waals surface area contributed by atoms with Gasteiger partial charge >= 0.3 is 0 Å². The second-order valence-corrected chi connectivity index (χ2v) is 5.44. The number of carbonyl (C=O) groups is 1. The van der Waals surface area contributed by atoms with Gasteiger partial charge in [-0.2, -0.15) is 0 Å². The van der Waals surface area contributed by atoms with Crippen LogP contribution in [-0.4, -0.2) is 5.78 Å². The van der Waals surface area contributed by atoms with E-state index in [9.17, 15) is 4.79 Å². The quantitative estimate of drug-likeness (QED) is 0.654. The highest BCUT2D eigenvalue weighted by atomic mass is 16.1. The van der Waals surface area contributed by atoms with Crippen LogP contribution in [0.5, 0.6) is 0 Å². The number of carbonyl (C=O) groups excluding carboxylic acids is 1. The number of hydrogen-bond donors (Lipinski definition) is 0. The van der Waals surface area contributed by atoms with Gasteiger partial charge in [-0.25, -0.2) is 0 Å². The van der Waals surface area contributed by atoms with Crippen LogP contribution in [0.1, 0.15) is 53.9 Å². The van der Waals surface area contributed by atoms with Gasteiger partial charge in [-0.1, -0.05) is 33.3 Å². The molecule has 0 aromatic heterocycles. The summed E-state index contributed by atoms with van der Waals surface area (Å²) in [7, 11) is 0. The van der Waals surface area contributed by atoms with Gasteiger partial charge in [0.1, 0.15) is 0 Å². The molecule has 1 rings (SSSR count). The van der Waals surface area contributed by atoms with Crippen molar-refractivity contribution in [3.63, 3.8) is 0 Å². The van der Waals surface area contributed by atoms with Gasteiger partial charge in [-0.15, -0.1) is 0 Å². The van der Waals surface area contributed by atoms with Crippen molar-refractivity contribution in [3.8, 4) is 0 Å². The molecule has 0 N–H and O–H groups in total. The summed E-state index contributed by atoms with van der Waals surface area (Å²) >= 11 is 0. The molecule has 1 heteroatoms. The molecule has 80 valence electrons. The van der Waals surface area contributed by atoms with E-state index >= 15 is 0 Å². The van der Waals surface area contributed by atoms with Crippen LogP contribution >= 0.6 is 0 Å². The van der Waals surface area contributed by atoms with Gasteiger partial charge in [0.25, 0.3) is 0 Å². The molecule has 1 aliphatic rings. The largest absolute Gasteiger partial charge is 0.295 e. The summed E-state index contributed by atoms with van der Waals surface area (Å²) in [5.41, 5.74) is 2.62. The van der Waals surface area contributed by atoms with Crippen molar-refractivity contribution >= 4 is 5.78 Å². The zero-order chi connectivity index (χ0) is 10.9. The molecule has 0 bridgehead atoms. The van der Waals surface area contributed by atoms with Gasteiger partial charge in [-0.3, -0.25) is 4.79 Å². The van der Waals surface area contributed by atoms with E-state index in [2.05, 4.69) is 34.6 Å². The summed E-state index contributed by atoms with van der Waals surface area (Å²) in [6.07, 6.45) is 2.88. The third-order valence-corrected chi connectivity index (χ3v) is 3.25. The lowest BCUT2D eigenvalue weighted by Crippen LogP contribution is -2.27. The number of ketones is 1. The zero-order valence-corrected chi connectivity index (χ0v) is 10.1. The highest BCUT2D eigenvalue weighted by Crippen LogP contribution is 2.39. The molecule has 0 aromatic carbocycles. The third-order valence-electron chi connectivity index (χ3n) is 3.25. The van der Waals surface area contributed by atoms with Crippen LogP contribution in [0, 0.1) is 11.3 Å². The lowest BCUT2D eigenvalue weighted by Gasteiger charge is -2.32. The van der Waals surface area contributed by atoms with Gasteiger partial charge in [0.2, 0.25) is 0 Å². The van der Waals surface area contributed by atoms with Gasteiger partial charge in [0.15, 0.2) is 5.78 Å². The van der Waals surface area contributed by atoms with Gasteiger partial charge in [-0.05, 0) is 36.7 Å². The SMILES string of the molecule is CCC(C)C1=C(C)CC(C)(C)CC1=O. The predicted molar refractivity (Wildman–Crippen MR) is 60.2 cm³/mol. The van der Waals surface area contributed by atoms with Crippen LogP contribution in [-0.2, 0) is 4.79 Å². The molecule has 0 heterocycles. The minimum atomic E-state index is 0.179.